The maximum absolute atomic E-state index is 12.3. The third kappa shape index (κ3) is 8.32. The van der Waals surface area contributed by atoms with E-state index >= 15 is 0 Å². The van der Waals surface area contributed by atoms with Gasteiger partial charge < -0.3 is 40.0 Å². The normalized spacial score (nSPS) is 29.0. The molecule has 1 aliphatic rings. The second-order valence-electron chi connectivity index (χ2n) is 8.28. The lowest BCUT2D eigenvalue weighted by Crippen LogP contribution is -2.65. The van der Waals surface area contributed by atoms with E-state index in [9.17, 15) is 30.0 Å². The van der Waals surface area contributed by atoms with Crippen molar-refractivity contribution in [2.45, 2.75) is 102 Å². The molecule has 11 heteroatoms. The van der Waals surface area contributed by atoms with Crippen LogP contribution in [0, 0.1) is 0 Å². The van der Waals surface area contributed by atoms with Crippen LogP contribution in [0.5, 0.6) is 0 Å². The quantitative estimate of drug-likeness (QED) is 0.202. The van der Waals surface area contributed by atoms with E-state index in [4.69, 9.17) is 14.2 Å². The Morgan fingerprint density at radius 1 is 1.13 bits per heavy atom. The van der Waals surface area contributed by atoms with Gasteiger partial charge in [0, 0.05) is 0 Å². The van der Waals surface area contributed by atoms with Crippen molar-refractivity contribution < 1.29 is 44.2 Å². The molecule has 2 unspecified atom stereocenters. The first kappa shape index (κ1) is 26.5. The van der Waals surface area contributed by atoms with Crippen LogP contribution in [0.4, 0.5) is 4.79 Å². The van der Waals surface area contributed by atoms with Crippen molar-refractivity contribution in [1.82, 2.24) is 10.6 Å². The number of hydrogen-bond donors (Lipinski definition) is 6. The zero-order chi connectivity index (χ0) is 23.1. The summed E-state index contributed by atoms with van der Waals surface area (Å²) in [4.78, 5) is 24.1. The van der Waals surface area contributed by atoms with E-state index in [1.54, 1.807) is 27.7 Å². The summed E-state index contributed by atoms with van der Waals surface area (Å²) in [6.45, 7) is 8.13. The minimum atomic E-state index is -1.54. The van der Waals surface area contributed by atoms with E-state index in [1.807, 2.05) is 6.92 Å². The van der Waals surface area contributed by atoms with Crippen molar-refractivity contribution in [1.29, 1.82) is 0 Å². The second-order valence-corrected chi connectivity index (χ2v) is 8.28. The summed E-state index contributed by atoms with van der Waals surface area (Å²) in [5.41, 5.74) is -0.728. The average Bonchev–Trinajstić information content (AvgIpc) is 2.63. The number of nitrogens with one attached hydrogen (secondary N) is 2. The number of alkyl carbamates (subject to hydrolysis) is 1. The van der Waals surface area contributed by atoms with Gasteiger partial charge in [0.25, 0.3) is 0 Å². The number of aliphatic hydroxyl groups excluding tert-OH is 4. The highest BCUT2D eigenvalue weighted by Crippen LogP contribution is 2.21. The molecule has 176 valence electrons. The van der Waals surface area contributed by atoms with E-state index in [0.29, 0.717) is 12.8 Å². The van der Waals surface area contributed by atoms with Crippen molar-refractivity contribution in [3.05, 3.63) is 0 Å². The molecular formula is C19H36N2O9. The number of ether oxygens (including phenoxy) is 3. The molecule has 1 aliphatic heterocycles. The molecular weight excluding hydrogens is 400 g/mol. The van der Waals surface area contributed by atoms with Crippen LogP contribution in [0.1, 0.15) is 53.9 Å². The molecule has 7 atom stereocenters. The zero-order valence-electron chi connectivity index (χ0n) is 18.2. The molecule has 0 aromatic rings. The number of aliphatic hydroxyl groups is 4. The molecule has 1 amide bonds. The Labute approximate surface area is 176 Å². The smallest absolute Gasteiger partial charge is 0.408 e. The number of carbonyl (C=O) groups excluding carboxylic acids is 2. The van der Waals surface area contributed by atoms with E-state index < -0.39 is 67.2 Å². The second kappa shape index (κ2) is 11.8. The molecule has 6 N–H and O–H groups in total. The van der Waals surface area contributed by atoms with Gasteiger partial charge in [-0.25, -0.2) is 9.59 Å². The van der Waals surface area contributed by atoms with Crippen molar-refractivity contribution in [3.8, 4) is 0 Å². The molecule has 0 saturated carbocycles. The van der Waals surface area contributed by atoms with E-state index in [2.05, 4.69) is 10.6 Å². The average molecular weight is 437 g/mol. The summed E-state index contributed by atoms with van der Waals surface area (Å²) in [5, 5.41) is 45.5. The van der Waals surface area contributed by atoms with Crippen LogP contribution in [-0.4, -0.2) is 87.6 Å². The predicted molar refractivity (Wildman–Crippen MR) is 105 cm³/mol. The molecule has 1 heterocycles. The van der Waals surface area contributed by atoms with Crippen molar-refractivity contribution in [2.75, 3.05) is 6.61 Å². The summed E-state index contributed by atoms with van der Waals surface area (Å²) < 4.78 is 15.5. The summed E-state index contributed by atoms with van der Waals surface area (Å²) in [5.74, 6) is -0.776. The summed E-state index contributed by atoms with van der Waals surface area (Å²) in [7, 11) is 0. The fourth-order valence-electron chi connectivity index (χ4n) is 2.89. The Hall–Kier alpha value is -1.50. The van der Waals surface area contributed by atoms with Gasteiger partial charge in [0.2, 0.25) is 0 Å². The van der Waals surface area contributed by atoms with Gasteiger partial charge in [-0.1, -0.05) is 20.3 Å². The van der Waals surface area contributed by atoms with Gasteiger partial charge in [0.15, 0.2) is 6.29 Å². The zero-order valence-corrected chi connectivity index (χ0v) is 18.2. The molecule has 0 bridgehead atoms. The number of esters is 1. The topological polar surface area (TPSA) is 167 Å². The van der Waals surface area contributed by atoms with Gasteiger partial charge in [0.05, 0.1) is 6.04 Å². The van der Waals surface area contributed by atoms with Gasteiger partial charge in [-0.2, -0.15) is 0 Å². The van der Waals surface area contributed by atoms with Gasteiger partial charge in [-0.3, -0.25) is 5.32 Å². The van der Waals surface area contributed by atoms with Crippen LogP contribution >= 0.6 is 0 Å². The van der Waals surface area contributed by atoms with E-state index in [-0.39, 0.29) is 6.42 Å². The monoisotopic (exact) mass is 436 g/mol. The number of hydrogen-bond acceptors (Lipinski definition) is 10. The van der Waals surface area contributed by atoms with Gasteiger partial charge in [-0.05, 0) is 33.6 Å². The van der Waals surface area contributed by atoms with Crippen LogP contribution in [-0.2, 0) is 19.0 Å². The number of carbonyl (C=O) groups is 2. The Morgan fingerprint density at radius 2 is 1.77 bits per heavy atom. The Bertz CT molecular complexity index is 555. The minimum Gasteiger partial charge on any atom is -0.461 e. The number of amides is 1. The standard InChI is InChI=1S/C19H36N2O9/c1-6-8-12(22)21-13-15(24)14(23)11(29-17(13)26)9-28-16(25)10(7-2)20-18(27)30-19(3,4)5/h10-15,17,21-24,26H,6-9H2,1-5H3,(H,20,27)/t10-,11+,12?,13+,14+,15+,17?/m0/s1. The lowest BCUT2D eigenvalue weighted by Gasteiger charge is -2.41. The Kier molecular flexibility index (Phi) is 10.4. The molecule has 0 aliphatic carbocycles. The van der Waals surface area contributed by atoms with Crippen LogP contribution in [0.15, 0.2) is 0 Å². The first-order valence-electron chi connectivity index (χ1n) is 10.2. The van der Waals surface area contributed by atoms with Gasteiger partial charge >= 0.3 is 12.1 Å². The summed E-state index contributed by atoms with van der Waals surface area (Å²) >= 11 is 0. The van der Waals surface area contributed by atoms with E-state index in [1.165, 1.54) is 0 Å². The highest BCUT2D eigenvalue weighted by atomic mass is 16.6. The Balaban J connectivity index is 2.60. The van der Waals surface area contributed by atoms with Gasteiger partial charge in [0.1, 0.15) is 42.8 Å². The third-order valence-corrected chi connectivity index (χ3v) is 4.44. The van der Waals surface area contributed by atoms with Crippen LogP contribution in [0.25, 0.3) is 0 Å². The molecule has 0 radical (unpaired) electrons. The number of rotatable bonds is 9. The first-order chi connectivity index (χ1) is 13.9. The molecule has 1 fully saturated rings. The van der Waals surface area contributed by atoms with Crippen LogP contribution < -0.4 is 10.6 Å². The molecule has 1 rings (SSSR count). The van der Waals surface area contributed by atoms with E-state index in [0.717, 1.165) is 0 Å². The molecule has 0 spiro atoms. The molecule has 1 saturated heterocycles. The minimum absolute atomic E-state index is 0.235. The lowest BCUT2D eigenvalue weighted by molar-refractivity contribution is -0.260. The summed E-state index contributed by atoms with van der Waals surface area (Å²) in [6, 6.07) is -2.10. The molecule has 0 aromatic heterocycles. The Morgan fingerprint density at radius 3 is 2.30 bits per heavy atom. The van der Waals surface area contributed by atoms with Crippen LogP contribution in [0.3, 0.4) is 0 Å². The fraction of sp³-hybridized carbons (Fsp3) is 0.895. The summed E-state index contributed by atoms with van der Waals surface area (Å²) in [6.07, 6.45) is -6.15. The maximum Gasteiger partial charge on any atom is 0.408 e. The van der Waals surface area contributed by atoms with Crippen LogP contribution in [0.2, 0.25) is 0 Å². The van der Waals surface area contributed by atoms with Crippen molar-refractivity contribution in [2.24, 2.45) is 0 Å². The third-order valence-electron chi connectivity index (χ3n) is 4.44. The van der Waals surface area contributed by atoms with Crippen molar-refractivity contribution >= 4 is 12.1 Å². The molecule has 30 heavy (non-hydrogen) atoms. The van der Waals surface area contributed by atoms with Crippen molar-refractivity contribution in [3.63, 3.8) is 0 Å². The largest absolute Gasteiger partial charge is 0.461 e. The highest BCUT2D eigenvalue weighted by molar-refractivity contribution is 5.81. The highest BCUT2D eigenvalue weighted by Gasteiger charge is 2.45. The SMILES string of the molecule is CCCC(O)N[C@H]1C(O)O[C@H](COC(=O)[C@H](CC)NC(=O)OC(C)(C)C)[C@@H](O)[C@@H]1O. The maximum atomic E-state index is 12.3. The lowest BCUT2D eigenvalue weighted by atomic mass is 9.96. The fourth-order valence-corrected chi connectivity index (χ4v) is 2.89. The van der Waals surface area contributed by atoms with Gasteiger partial charge in [-0.15, -0.1) is 0 Å². The molecule has 11 nitrogen and oxygen atoms in total. The first-order valence-corrected chi connectivity index (χ1v) is 10.2. The predicted octanol–water partition coefficient (Wildman–Crippen LogP) is -0.651. The molecule has 0 aromatic carbocycles.